The van der Waals surface area contributed by atoms with Crippen molar-refractivity contribution in [2.45, 2.75) is 32.3 Å². The first-order valence-electron chi connectivity index (χ1n) is 8.49. The van der Waals surface area contributed by atoms with Crippen molar-refractivity contribution in [3.63, 3.8) is 0 Å². The number of aliphatic hydroxyl groups excluding tert-OH is 1. The number of rotatable bonds is 7. The van der Waals surface area contributed by atoms with Crippen molar-refractivity contribution in [1.82, 2.24) is 10.2 Å². The van der Waals surface area contributed by atoms with Crippen molar-refractivity contribution >= 4 is 5.96 Å². The van der Waals surface area contributed by atoms with E-state index >= 15 is 0 Å². The highest BCUT2D eigenvalue weighted by Gasteiger charge is 2.16. The number of guanidine groups is 1. The van der Waals surface area contributed by atoms with E-state index in [1.807, 2.05) is 14.0 Å². The van der Waals surface area contributed by atoms with E-state index in [9.17, 15) is 5.11 Å². The summed E-state index contributed by atoms with van der Waals surface area (Å²) in [6, 6.07) is 3.54. The van der Waals surface area contributed by atoms with Crippen LogP contribution in [0.5, 0.6) is 0 Å². The first-order chi connectivity index (χ1) is 11.2. The molecule has 6 heteroatoms. The molecule has 0 bridgehead atoms. The average Bonchev–Trinajstić information content (AvgIpc) is 3.12. The van der Waals surface area contributed by atoms with Crippen LogP contribution in [-0.4, -0.2) is 55.9 Å². The molecule has 0 aliphatic carbocycles. The number of furan rings is 1. The summed E-state index contributed by atoms with van der Waals surface area (Å²) >= 11 is 0. The molecule has 1 aliphatic rings. The van der Waals surface area contributed by atoms with Crippen molar-refractivity contribution in [1.29, 1.82) is 0 Å². The van der Waals surface area contributed by atoms with Gasteiger partial charge in [0, 0.05) is 33.4 Å². The molecule has 23 heavy (non-hydrogen) atoms. The number of aliphatic imine (C=N–C) groups is 1. The summed E-state index contributed by atoms with van der Waals surface area (Å²) in [5.41, 5.74) is 0. The number of nitrogens with one attached hydrogen (secondary N) is 1. The van der Waals surface area contributed by atoms with E-state index < -0.39 is 6.10 Å². The monoisotopic (exact) mass is 323 g/mol. The predicted molar refractivity (Wildman–Crippen MR) is 90.4 cm³/mol. The predicted octanol–water partition coefficient (Wildman–Crippen LogP) is 2.03. The van der Waals surface area contributed by atoms with Gasteiger partial charge in [-0.3, -0.25) is 0 Å². The molecule has 2 rings (SSSR count). The van der Waals surface area contributed by atoms with E-state index in [1.165, 1.54) is 0 Å². The van der Waals surface area contributed by atoms with Gasteiger partial charge in [-0.1, -0.05) is 0 Å². The second-order valence-corrected chi connectivity index (χ2v) is 5.99. The summed E-state index contributed by atoms with van der Waals surface area (Å²) in [6.45, 7) is 5.86. The molecule has 0 aromatic carbocycles. The molecular formula is C17H29N3O3. The average molecular weight is 323 g/mol. The van der Waals surface area contributed by atoms with E-state index in [-0.39, 0.29) is 6.54 Å². The molecule has 0 amide bonds. The van der Waals surface area contributed by atoms with Gasteiger partial charge >= 0.3 is 0 Å². The zero-order valence-corrected chi connectivity index (χ0v) is 14.2. The molecule has 0 radical (unpaired) electrons. The number of ether oxygens (including phenoxy) is 1. The third-order valence-electron chi connectivity index (χ3n) is 4.20. The largest absolute Gasteiger partial charge is 0.467 e. The molecule has 6 nitrogen and oxygen atoms in total. The molecule has 1 atom stereocenters. The summed E-state index contributed by atoms with van der Waals surface area (Å²) in [6.07, 6.45) is 4.30. The molecule has 1 aromatic rings. The van der Waals surface area contributed by atoms with Gasteiger partial charge < -0.3 is 24.5 Å². The number of aliphatic hydroxyl groups is 1. The molecule has 1 fully saturated rings. The smallest absolute Gasteiger partial charge is 0.193 e. The molecule has 1 aromatic heterocycles. The second-order valence-electron chi connectivity index (χ2n) is 5.99. The SMILES string of the molecule is CCNC(=NCC(O)c1ccco1)N(C)CCC1CCOCC1. The van der Waals surface area contributed by atoms with Crippen molar-refractivity contribution < 1.29 is 14.3 Å². The molecule has 1 saturated heterocycles. The lowest BCUT2D eigenvalue weighted by molar-refractivity contribution is 0.0625. The second kappa shape index (κ2) is 9.57. The van der Waals surface area contributed by atoms with Crippen molar-refractivity contribution in [3.05, 3.63) is 24.2 Å². The zero-order chi connectivity index (χ0) is 16.5. The van der Waals surface area contributed by atoms with E-state index in [0.717, 1.165) is 57.4 Å². The van der Waals surface area contributed by atoms with Gasteiger partial charge in [0.15, 0.2) is 5.96 Å². The van der Waals surface area contributed by atoms with E-state index in [1.54, 1.807) is 18.4 Å². The van der Waals surface area contributed by atoms with Crippen LogP contribution in [0.15, 0.2) is 27.8 Å². The lowest BCUT2D eigenvalue weighted by Gasteiger charge is -2.27. The summed E-state index contributed by atoms with van der Waals surface area (Å²) in [4.78, 5) is 6.66. The third-order valence-corrected chi connectivity index (χ3v) is 4.20. The number of hydrogen-bond donors (Lipinski definition) is 2. The van der Waals surface area contributed by atoms with Crippen molar-refractivity contribution in [3.8, 4) is 0 Å². The standard InChI is InChI=1S/C17H29N3O3/c1-3-18-17(19-13-15(21)16-5-4-10-23-16)20(2)9-6-14-7-11-22-12-8-14/h4-5,10,14-15,21H,3,6-9,11-13H2,1-2H3,(H,18,19). The van der Waals surface area contributed by atoms with Gasteiger partial charge in [-0.25, -0.2) is 4.99 Å². The van der Waals surface area contributed by atoms with E-state index in [0.29, 0.717) is 5.76 Å². The molecule has 1 unspecified atom stereocenters. The summed E-state index contributed by atoms with van der Waals surface area (Å²) < 4.78 is 10.6. The van der Waals surface area contributed by atoms with Gasteiger partial charge in [-0.05, 0) is 44.2 Å². The van der Waals surface area contributed by atoms with Crippen molar-refractivity contribution in [2.24, 2.45) is 10.9 Å². The summed E-state index contributed by atoms with van der Waals surface area (Å²) in [7, 11) is 2.04. The van der Waals surface area contributed by atoms with E-state index in [2.05, 4.69) is 15.2 Å². The van der Waals surface area contributed by atoms with Crippen LogP contribution in [0, 0.1) is 5.92 Å². The van der Waals surface area contributed by atoms with Crippen molar-refractivity contribution in [2.75, 3.05) is 39.9 Å². The normalized spacial score (nSPS) is 18.0. The lowest BCUT2D eigenvalue weighted by Crippen LogP contribution is -2.40. The maximum Gasteiger partial charge on any atom is 0.193 e. The lowest BCUT2D eigenvalue weighted by atomic mass is 9.96. The third kappa shape index (κ3) is 5.88. The van der Waals surface area contributed by atoms with Crippen LogP contribution in [0.4, 0.5) is 0 Å². The molecule has 2 N–H and O–H groups in total. The van der Waals surface area contributed by atoms with Crippen LogP contribution >= 0.6 is 0 Å². The Hall–Kier alpha value is -1.53. The van der Waals surface area contributed by atoms with Gasteiger partial charge in [0.25, 0.3) is 0 Å². The molecule has 130 valence electrons. The van der Waals surface area contributed by atoms with Crippen LogP contribution in [0.25, 0.3) is 0 Å². The minimum Gasteiger partial charge on any atom is -0.467 e. The quantitative estimate of drug-likeness (QED) is 0.593. The molecular weight excluding hydrogens is 294 g/mol. The van der Waals surface area contributed by atoms with Crippen LogP contribution in [0.1, 0.15) is 38.1 Å². The highest BCUT2D eigenvalue weighted by molar-refractivity contribution is 5.79. The fraction of sp³-hybridized carbons (Fsp3) is 0.706. The van der Waals surface area contributed by atoms with Gasteiger partial charge in [-0.2, -0.15) is 0 Å². The van der Waals surface area contributed by atoms with Crippen LogP contribution in [0.2, 0.25) is 0 Å². The van der Waals surface area contributed by atoms with Gasteiger partial charge in [0.05, 0.1) is 12.8 Å². The molecule has 0 spiro atoms. The Morgan fingerprint density at radius 1 is 1.48 bits per heavy atom. The fourth-order valence-electron chi connectivity index (χ4n) is 2.73. The van der Waals surface area contributed by atoms with Gasteiger partial charge in [0.2, 0.25) is 0 Å². The molecule has 0 saturated carbocycles. The minimum absolute atomic E-state index is 0.289. The van der Waals surface area contributed by atoms with Crippen LogP contribution in [0.3, 0.4) is 0 Å². The van der Waals surface area contributed by atoms with Crippen LogP contribution in [-0.2, 0) is 4.74 Å². The van der Waals surface area contributed by atoms with E-state index in [4.69, 9.17) is 9.15 Å². The Morgan fingerprint density at radius 2 is 2.26 bits per heavy atom. The first-order valence-corrected chi connectivity index (χ1v) is 8.49. The topological polar surface area (TPSA) is 70.2 Å². The minimum atomic E-state index is -0.706. The van der Waals surface area contributed by atoms with Gasteiger partial charge in [-0.15, -0.1) is 0 Å². The zero-order valence-electron chi connectivity index (χ0n) is 14.2. The first kappa shape index (κ1) is 17.8. The summed E-state index contributed by atoms with van der Waals surface area (Å²) in [5.74, 6) is 2.11. The Kier molecular flexibility index (Phi) is 7.42. The summed E-state index contributed by atoms with van der Waals surface area (Å²) in [5, 5.41) is 13.4. The molecule has 2 heterocycles. The Morgan fingerprint density at radius 3 is 2.91 bits per heavy atom. The maximum absolute atomic E-state index is 10.1. The highest BCUT2D eigenvalue weighted by Crippen LogP contribution is 2.18. The fourth-order valence-corrected chi connectivity index (χ4v) is 2.73. The highest BCUT2D eigenvalue weighted by atomic mass is 16.5. The Bertz CT molecular complexity index is 456. The Balaban J connectivity index is 1.83. The maximum atomic E-state index is 10.1. The Labute approximate surface area is 138 Å². The number of nitrogens with zero attached hydrogens (tertiary/aromatic N) is 2. The number of hydrogen-bond acceptors (Lipinski definition) is 4. The molecule has 1 aliphatic heterocycles. The van der Waals surface area contributed by atoms with Crippen LogP contribution < -0.4 is 5.32 Å². The van der Waals surface area contributed by atoms with Gasteiger partial charge in [0.1, 0.15) is 11.9 Å².